The molecule has 1 N–H and O–H groups in total. The van der Waals surface area contributed by atoms with Crippen molar-refractivity contribution < 1.29 is 27.1 Å². The van der Waals surface area contributed by atoms with E-state index >= 15 is 0 Å². The lowest BCUT2D eigenvalue weighted by molar-refractivity contribution is 0.0685. The van der Waals surface area contributed by atoms with Crippen molar-refractivity contribution in [2.24, 2.45) is 0 Å². The molecule has 8 heteroatoms. The van der Waals surface area contributed by atoms with Gasteiger partial charge >= 0.3 is 5.97 Å². The molecule has 0 saturated carbocycles. The Morgan fingerprint density at radius 3 is 2.55 bits per heavy atom. The highest BCUT2D eigenvalue weighted by Crippen LogP contribution is 2.29. The standard InChI is InChI=1S/C12H13F2NO4S/c1-7-3-2-6-15(7)20(18,19)9-5-4-8(13)10(11(9)14)12(16)17/h4-5,7H,2-3,6H2,1H3,(H,16,17). The molecule has 1 unspecified atom stereocenters. The zero-order valence-electron chi connectivity index (χ0n) is 10.6. The fraction of sp³-hybridized carbons (Fsp3) is 0.417. The predicted octanol–water partition coefficient (Wildman–Crippen LogP) is 1.84. The highest BCUT2D eigenvalue weighted by Gasteiger charge is 2.36. The number of halogens is 2. The minimum absolute atomic E-state index is 0.239. The summed E-state index contributed by atoms with van der Waals surface area (Å²) in [6, 6.07) is 1.12. The van der Waals surface area contributed by atoms with Crippen LogP contribution in [0.1, 0.15) is 30.1 Å². The third-order valence-corrected chi connectivity index (χ3v) is 5.38. The van der Waals surface area contributed by atoms with E-state index in [1.807, 2.05) is 0 Å². The molecule has 1 saturated heterocycles. The van der Waals surface area contributed by atoms with Gasteiger partial charge in [0.05, 0.1) is 0 Å². The SMILES string of the molecule is CC1CCCN1S(=O)(=O)c1ccc(F)c(C(=O)O)c1F. The molecule has 1 aromatic rings. The molecule has 0 amide bonds. The van der Waals surface area contributed by atoms with Gasteiger partial charge in [0.25, 0.3) is 0 Å². The van der Waals surface area contributed by atoms with Gasteiger partial charge in [0, 0.05) is 12.6 Å². The van der Waals surface area contributed by atoms with Gasteiger partial charge in [-0.05, 0) is 31.9 Å². The molecule has 1 aliphatic heterocycles. The summed E-state index contributed by atoms with van der Waals surface area (Å²) in [6.07, 6.45) is 1.29. The number of hydrogen-bond acceptors (Lipinski definition) is 3. The van der Waals surface area contributed by atoms with Crippen LogP contribution in [0.5, 0.6) is 0 Å². The molecule has 110 valence electrons. The highest BCUT2D eigenvalue weighted by atomic mass is 32.2. The lowest BCUT2D eigenvalue weighted by Gasteiger charge is -2.21. The first-order chi connectivity index (χ1) is 9.26. The van der Waals surface area contributed by atoms with Crippen LogP contribution in [0.15, 0.2) is 17.0 Å². The molecular formula is C12H13F2NO4S. The summed E-state index contributed by atoms with van der Waals surface area (Å²) in [5.41, 5.74) is -1.25. The molecular weight excluding hydrogens is 292 g/mol. The van der Waals surface area contributed by atoms with Crippen molar-refractivity contribution in [1.82, 2.24) is 4.31 Å². The highest BCUT2D eigenvalue weighted by molar-refractivity contribution is 7.89. The Kier molecular flexibility index (Phi) is 3.79. The number of aromatic carboxylic acids is 1. The van der Waals surface area contributed by atoms with E-state index in [4.69, 9.17) is 5.11 Å². The maximum Gasteiger partial charge on any atom is 0.341 e. The first kappa shape index (κ1) is 14.9. The molecule has 2 rings (SSSR count). The zero-order valence-corrected chi connectivity index (χ0v) is 11.5. The van der Waals surface area contributed by atoms with Crippen molar-refractivity contribution in [3.63, 3.8) is 0 Å². The maximum absolute atomic E-state index is 14.0. The van der Waals surface area contributed by atoms with Crippen LogP contribution >= 0.6 is 0 Å². The number of carboxylic acid groups (broad SMARTS) is 1. The van der Waals surface area contributed by atoms with Crippen molar-refractivity contribution in [2.75, 3.05) is 6.54 Å². The Morgan fingerprint density at radius 2 is 2.05 bits per heavy atom. The van der Waals surface area contributed by atoms with E-state index < -0.39 is 38.1 Å². The van der Waals surface area contributed by atoms with Gasteiger partial charge in [0.15, 0.2) is 5.82 Å². The van der Waals surface area contributed by atoms with Gasteiger partial charge in [-0.1, -0.05) is 0 Å². The molecule has 1 fully saturated rings. The van der Waals surface area contributed by atoms with Gasteiger partial charge in [0.1, 0.15) is 16.3 Å². The van der Waals surface area contributed by atoms with E-state index in [0.717, 1.165) is 10.4 Å². The van der Waals surface area contributed by atoms with Crippen LogP contribution in [0, 0.1) is 11.6 Å². The molecule has 1 aliphatic rings. The van der Waals surface area contributed by atoms with Crippen molar-refractivity contribution in [1.29, 1.82) is 0 Å². The van der Waals surface area contributed by atoms with Crippen LogP contribution in [0.3, 0.4) is 0 Å². The number of carboxylic acids is 1. The lowest BCUT2D eigenvalue weighted by Crippen LogP contribution is -2.34. The van der Waals surface area contributed by atoms with E-state index in [9.17, 15) is 22.0 Å². The fourth-order valence-corrected chi connectivity index (χ4v) is 4.09. The smallest absolute Gasteiger partial charge is 0.341 e. The molecule has 0 radical (unpaired) electrons. The molecule has 1 atom stereocenters. The number of carbonyl (C=O) groups is 1. The van der Waals surface area contributed by atoms with E-state index in [2.05, 4.69) is 0 Å². The van der Waals surface area contributed by atoms with E-state index in [1.165, 1.54) is 0 Å². The van der Waals surface area contributed by atoms with Gasteiger partial charge in [0.2, 0.25) is 10.0 Å². The summed E-state index contributed by atoms with van der Waals surface area (Å²) in [4.78, 5) is 10.0. The molecule has 5 nitrogen and oxygen atoms in total. The Morgan fingerprint density at radius 1 is 1.40 bits per heavy atom. The van der Waals surface area contributed by atoms with Crippen LogP contribution in [-0.2, 0) is 10.0 Å². The molecule has 0 aliphatic carbocycles. The van der Waals surface area contributed by atoms with Crippen molar-refractivity contribution in [2.45, 2.75) is 30.7 Å². The second-order valence-corrected chi connectivity index (χ2v) is 6.51. The van der Waals surface area contributed by atoms with Crippen LogP contribution in [0.25, 0.3) is 0 Å². The Bertz CT molecular complexity index is 660. The summed E-state index contributed by atoms with van der Waals surface area (Å²) < 4.78 is 53.1. The first-order valence-electron chi connectivity index (χ1n) is 6.00. The van der Waals surface area contributed by atoms with Gasteiger partial charge in [-0.3, -0.25) is 0 Å². The van der Waals surface area contributed by atoms with Crippen LogP contribution in [0.4, 0.5) is 8.78 Å². The Hall–Kier alpha value is -1.54. The summed E-state index contributed by atoms with van der Waals surface area (Å²) in [6.45, 7) is 1.92. The van der Waals surface area contributed by atoms with Gasteiger partial charge in [-0.15, -0.1) is 0 Å². The summed E-state index contributed by atoms with van der Waals surface area (Å²) in [7, 11) is -4.16. The largest absolute Gasteiger partial charge is 0.477 e. The number of nitrogens with zero attached hydrogens (tertiary/aromatic N) is 1. The van der Waals surface area contributed by atoms with E-state index in [1.54, 1.807) is 6.92 Å². The summed E-state index contributed by atoms with van der Waals surface area (Å²) >= 11 is 0. The third kappa shape index (κ3) is 2.29. The molecule has 1 heterocycles. The number of sulfonamides is 1. The van der Waals surface area contributed by atoms with E-state index in [-0.39, 0.29) is 12.6 Å². The monoisotopic (exact) mass is 305 g/mol. The Labute approximate surface area is 114 Å². The second kappa shape index (κ2) is 5.10. The van der Waals surface area contributed by atoms with Gasteiger partial charge in [-0.2, -0.15) is 4.31 Å². The Balaban J connectivity index is 2.58. The molecule has 0 bridgehead atoms. The third-order valence-electron chi connectivity index (χ3n) is 3.35. The second-order valence-electron chi connectivity index (χ2n) is 4.65. The van der Waals surface area contributed by atoms with Crippen molar-refractivity contribution in [3.05, 3.63) is 29.3 Å². The quantitative estimate of drug-likeness (QED) is 0.924. The average molecular weight is 305 g/mol. The molecule has 1 aromatic carbocycles. The normalized spacial score (nSPS) is 20.2. The summed E-state index contributed by atoms with van der Waals surface area (Å²) in [5.74, 6) is -4.70. The van der Waals surface area contributed by atoms with Crippen molar-refractivity contribution in [3.8, 4) is 0 Å². The molecule has 0 spiro atoms. The number of hydrogen-bond donors (Lipinski definition) is 1. The maximum atomic E-state index is 14.0. The van der Waals surface area contributed by atoms with Crippen LogP contribution < -0.4 is 0 Å². The average Bonchev–Trinajstić information content (AvgIpc) is 2.75. The molecule has 20 heavy (non-hydrogen) atoms. The molecule has 0 aromatic heterocycles. The topological polar surface area (TPSA) is 74.7 Å². The number of benzene rings is 1. The summed E-state index contributed by atoms with van der Waals surface area (Å²) in [5, 5.41) is 8.77. The van der Waals surface area contributed by atoms with Crippen molar-refractivity contribution >= 4 is 16.0 Å². The predicted molar refractivity (Wildman–Crippen MR) is 65.9 cm³/mol. The minimum atomic E-state index is -4.16. The van der Waals surface area contributed by atoms with E-state index in [0.29, 0.717) is 18.9 Å². The van der Waals surface area contributed by atoms with Crippen LogP contribution in [-0.4, -0.2) is 36.4 Å². The van der Waals surface area contributed by atoms with Gasteiger partial charge in [-0.25, -0.2) is 22.0 Å². The first-order valence-corrected chi connectivity index (χ1v) is 7.44. The zero-order chi connectivity index (χ0) is 15.1. The number of rotatable bonds is 3. The fourth-order valence-electron chi connectivity index (χ4n) is 2.32. The van der Waals surface area contributed by atoms with Gasteiger partial charge < -0.3 is 5.11 Å². The minimum Gasteiger partial charge on any atom is -0.477 e. The van der Waals surface area contributed by atoms with Crippen LogP contribution in [0.2, 0.25) is 0 Å². The lowest BCUT2D eigenvalue weighted by atomic mass is 10.2.